The average molecular weight is 611 g/mol. The highest BCUT2D eigenvalue weighted by molar-refractivity contribution is 6.04. The highest BCUT2D eigenvalue weighted by atomic mass is 19.1. The number of phenols is 1. The van der Waals surface area contributed by atoms with E-state index in [1.807, 2.05) is 6.92 Å². The van der Waals surface area contributed by atoms with Gasteiger partial charge >= 0.3 is 6.01 Å². The topological polar surface area (TPSA) is 86.6 Å². The van der Waals surface area contributed by atoms with Gasteiger partial charge in [-0.25, -0.2) is 8.78 Å². The molecule has 8 nitrogen and oxygen atoms in total. The van der Waals surface area contributed by atoms with Crippen molar-refractivity contribution in [2.75, 3.05) is 44.2 Å². The zero-order chi connectivity index (χ0) is 30.9. The number of rotatable bonds is 7. The van der Waals surface area contributed by atoms with Gasteiger partial charge in [-0.2, -0.15) is 9.97 Å². The Morgan fingerprint density at radius 1 is 1.09 bits per heavy atom. The molecule has 1 aliphatic carbocycles. The number of terminal acetylenes is 1. The zero-order valence-corrected chi connectivity index (χ0v) is 25.3. The molecule has 8 rings (SSSR count). The van der Waals surface area contributed by atoms with Crippen LogP contribution in [0.1, 0.15) is 43.2 Å². The number of nitrogens with one attached hydrogen (secondary N) is 1. The van der Waals surface area contributed by atoms with Gasteiger partial charge in [-0.05, 0) is 73.7 Å². The summed E-state index contributed by atoms with van der Waals surface area (Å²) in [6.07, 6.45) is 11.7. The Morgan fingerprint density at radius 3 is 2.60 bits per heavy atom. The highest BCUT2D eigenvalue weighted by Gasteiger charge is 2.46. The number of nitrogens with zero attached hydrogens (tertiary/aromatic N) is 5. The summed E-state index contributed by atoms with van der Waals surface area (Å²) in [7, 11) is 0. The molecular formula is C35H36F2N6O2. The third-order valence-electron chi connectivity index (χ3n) is 10.2. The fourth-order valence-corrected chi connectivity index (χ4v) is 7.61. The molecule has 3 atom stereocenters. The maximum Gasteiger partial charge on any atom is 0.319 e. The first-order valence-electron chi connectivity index (χ1n) is 15.9. The van der Waals surface area contributed by atoms with E-state index in [1.165, 1.54) is 6.07 Å². The van der Waals surface area contributed by atoms with Crippen LogP contribution in [0.25, 0.3) is 32.9 Å². The molecule has 0 amide bonds. The molecule has 0 spiro atoms. The summed E-state index contributed by atoms with van der Waals surface area (Å²) >= 11 is 0. The second-order valence-corrected chi connectivity index (χ2v) is 13.4. The number of ether oxygens (including phenoxy) is 1. The normalized spacial score (nSPS) is 24.0. The second kappa shape index (κ2) is 10.8. The number of aryl methyl sites for hydroxylation is 1. The molecule has 2 aromatic carbocycles. The smallest absolute Gasteiger partial charge is 0.319 e. The molecule has 4 aromatic rings. The van der Waals surface area contributed by atoms with Gasteiger partial charge in [0.1, 0.15) is 28.8 Å². The van der Waals surface area contributed by atoms with Gasteiger partial charge in [0.2, 0.25) is 0 Å². The number of pyridine rings is 1. The van der Waals surface area contributed by atoms with Crippen molar-refractivity contribution >= 4 is 27.6 Å². The molecule has 3 aliphatic heterocycles. The van der Waals surface area contributed by atoms with Crippen molar-refractivity contribution in [1.29, 1.82) is 0 Å². The largest absolute Gasteiger partial charge is 0.508 e. The lowest BCUT2D eigenvalue weighted by Gasteiger charge is -2.34. The predicted octanol–water partition coefficient (Wildman–Crippen LogP) is 5.12. The summed E-state index contributed by atoms with van der Waals surface area (Å²) in [6, 6.07) is 7.20. The molecule has 1 saturated carbocycles. The van der Waals surface area contributed by atoms with Crippen LogP contribution in [-0.2, 0) is 0 Å². The van der Waals surface area contributed by atoms with Gasteiger partial charge in [0.15, 0.2) is 5.82 Å². The van der Waals surface area contributed by atoms with Gasteiger partial charge in [0.05, 0.1) is 12.2 Å². The first-order chi connectivity index (χ1) is 21.8. The molecule has 4 fully saturated rings. The lowest BCUT2D eigenvalue weighted by molar-refractivity contribution is 0.165. The quantitative estimate of drug-likeness (QED) is 0.279. The summed E-state index contributed by atoms with van der Waals surface area (Å²) in [6.45, 7) is 6.14. The van der Waals surface area contributed by atoms with Crippen molar-refractivity contribution in [3.05, 3.63) is 47.4 Å². The van der Waals surface area contributed by atoms with Crippen LogP contribution >= 0.6 is 0 Å². The van der Waals surface area contributed by atoms with E-state index < -0.39 is 12.0 Å². The molecule has 2 aromatic heterocycles. The van der Waals surface area contributed by atoms with E-state index in [4.69, 9.17) is 26.1 Å². The summed E-state index contributed by atoms with van der Waals surface area (Å²) in [5.74, 6) is 2.79. The molecule has 0 radical (unpaired) electrons. The van der Waals surface area contributed by atoms with Crippen LogP contribution in [0.15, 0.2) is 30.5 Å². The van der Waals surface area contributed by atoms with E-state index in [2.05, 4.69) is 21.0 Å². The molecule has 2 bridgehead atoms. The lowest BCUT2D eigenvalue weighted by atomic mass is 9.92. The van der Waals surface area contributed by atoms with Gasteiger partial charge < -0.3 is 20.1 Å². The number of anilines is 1. The van der Waals surface area contributed by atoms with Crippen LogP contribution in [0.2, 0.25) is 0 Å². The summed E-state index contributed by atoms with van der Waals surface area (Å²) in [5.41, 5.74) is 3.51. The molecule has 3 saturated heterocycles. The van der Waals surface area contributed by atoms with Gasteiger partial charge in [-0.15, -0.1) is 6.42 Å². The Labute approximate surface area is 260 Å². The van der Waals surface area contributed by atoms with Crippen molar-refractivity contribution in [3.63, 3.8) is 0 Å². The Balaban J connectivity index is 1.22. The maximum atomic E-state index is 14.9. The molecule has 5 heterocycles. The third kappa shape index (κ3) is 5.12. The minimum Gasteiger partial charge on any atom is -0.508 e. The Hall–Kier alpha value is -4.07. The molecule has 232 valence electrons. The van der Waals surface area contributed by atoms with Crippen LogP contribution < -0.4 is 15.0 Å². The van der Waals surface area contributed by atoms with Crippen LogP contribution in [0.4, 0.5) is 14.6 Å². The van der Waals surface area contributed by atoms with E-state index in [1.54, 1.807) is 24.4 Å². The van der Waals surface area contributed by atoms with Gasteiger partial charge in [0.25, 0.3) is 0 Å². The third-order valence-corrected chi connectivity index (χ3v) is 10.2. The number of aromatic hydroxyl groups is 1. The van der Waals surface area contributed by atoms with E-state index in [0.29, 0.717) is 64.6 Å². The predicted molar refractivity (Wildman–Crippen MR) is 170 cm³/mol. The molecule has 3 unspecified atom stereocenters. The number of likely N-dealkylation sites (tertiary alicyclic amines) is 1. The Bertz CT molecular complexity index is 1860. The number of hydrogen-bond acceptors (Lipinski definition) is 8. The molecule has 10 heteroatoms. The van der Waals surface area contributed by atoms with E-state index in [9.17, 15) is 13.9 Å². The van der Waals surface area contributed by atoms with E-state index >= 15 is 0 Å². The SMILES string of the molecule is C#Cc1c(F)ccc2cc(O)cc(-c3cnc4c(N5CC6CCC(C5)N6)nc(OCC5(CN6CCC(F)C6)CC5)nc4c3C)c12. The lowest BCUT2D eigenvalue weighted by Crippen LogP contribution is -2.51. The number of piperazine rings is 1. The van der Waals surface area contributed by atoms with Gasteiger partial charge in [-0.1, -0.05) is 12.0 Å². The maximum absolute atomic E-state index is 14.9. The Morgan fingerprint density at radius 2 is 1.89 bits per heavy atom. The van der Waals surface area contributed by atoms with Gasteiger partial charge in [-0.3, -0.25) is 9.88 Å². The molecule has 2 N–H and O–H groups in total. The number of phenolic OH excluding ortho intramolecular Hbond substituents is 1. The zero-order valence-electron chi connectivity index (χ0n) is 25.3. The summed E-state index contributed by atoms with van der Waals surface area (Å²) in [4.78, 5) is 19.3. The number of halogens is 2. The van der Waals surface area contributed by atoms with Crippen LogP contribution in [0, 0.1) is 30.5 Å². The number of alkyl halides is 1. The number of aromatic nitrogens is 3. The fraction of sp³-hybridized carbons (Fsp3) is 0.457. The van der Waals surface area contributed by atoms with Crippen molar-refractivity contribution in [1.82, 2.24) is 25.2 Å². The number of fused-ring (bicyclic) bond motifs is 4. The summed E-state index contributed by atoms with van der Waals surface area (Å²) in [5, 5.41) is 15.5. The molecule has 45 heavy (non-hydrogen) atoms. The van der Waals surface area contributed by atoms with Crippen molar-refractivity contribution in [2.24, 2.45) is 5.41 Å². The van der Waals surface area contributed by atoms with Crippen molar-refractivity contribution in [3.8, 4) is 35.2 Å². The monoisotopic (exact) mass is 610 g/mol. The standard InChI is InChI=1S/C35H36F2N6O2/c1-3-26-29(37)7-4-21-12-25(44)13-27(30(21)26)28-14-38-32-31(20(28)2)40-34(41-33(32)43-16-23-5-6-24(17-43)39-23)45-19-35(9-10-35)18-42-11-8-22(36)15-42/h1,4,7,12-14,22-24,39,44H,5-6,8-11,15-19H2,2H3. The van der Waals surface area contributed by atoms with Crippen LogP contribution in [0.5, 0.6) is 11.8 Å². The highest BCUT2D eigenvalue weighted by Crippen LogP contribution is 2.47. The van der Waals surface area contributed by atoms with Gasteiger partial charge in [0, 0.05) is 67.4 Å². The summed E-state index contributed by atoms with van der Waals surface area (Å²) < 4.78 is 35.1. The number of hydrogen-bond donors (Lipinski definition) is 2. The van der Waals surface area contributed by atoms with Crippen molar-refractivity contribution in [2.45, 2.75) is 57.3 Å². The minimum absolute atomic E-state index is 0.0119. The minimum atomic E-state index is -0.746. The van der Waals surface area contributed by atoms with E-state index in [0.717, 1.165) is 63.2 Å². The van der Waals surface area contributed by atoms with Crippen LogP contribution in [-0.4, -0.2) is 82.5 Å². The second-order valence-electron chi connectivity index (χ2n) is 13.4. The Kier molecular flexibility index (Phi) is 6.80. The fourth-order valence-electron chi connectivity index (χ4n) is 7.61. The average Bonchev–Trinajstić information content (AvgIpc) is 3.55. The van der Waals surface area contributed by atoms with Crippen molar-refractivity contribution < 1.29 is 18.6 Å². The molecule has 4 aliphatic rings. The number of benzene rings is 2. The first-order valence-corrected chi connectivity index (χ1v) is 15.9. The molecular weight excluding hydrogens is 574 g/mol. The first kappa shape index (κ1) is 28.4. The van der Waals surface area contributed by atoms with Crippen LogP contribution in [0.3, 0.4) is 0 Å². The van der Waals surface area contributed by atoms with E-state index in [-0.39, 0.29) is 22.7 Å².